The van der Waals surface area contributed by atoms with Crippen molar-refractivity contribution in [2.45, 2.75) is 37.8 Å². The van der Waals surface area contributed by atoms with E-state index in [-0.39, 0.29) is 12.5 Å². The maximum atomic E-state index is 11.5. The van der Waals surface area contributed by atoms with Gasteiger partial charge in [0.05, 0.1) is 19.8 Å². The first kappa shape index (κ1) is 16.4. The lowest BCUT2D eigenvalue weighted by molar-refractivity contribution is -0.126. The van der Waals surface area contributed by atoms with E-state index in [9.17, 15) is 4.79 Å². The van der Waals surface area contributed by atoms with Gasteiger partial charge >= 0.3 is 0 Å². The molecule has 6 nitrogen and oxygen atoms in total. The smallest absolute Gasteiger partial charge is 0.239 e. The summed E-state index contributed by atoms with van der Waals surface area (Å²) in [6.45, 7) is 4.40. The van der Waals surface area contributed by atoms with Gasteiger partial charge in [-0.1, -0.05) is 0 Å². The van der Waals surface area contributed by atoms with Crippen LogP contribution in [0.1, 0.15) is 26.2 Å². The Morgan fingerprint density at radius 1 is 1.26 bits per heavy atom. The molecule has 1 aliphatic carbocycles. The summed E-state index contributed by atoms with van der Waals surface area (Å²) in [6.07, 6.45) is 3.08. The lowest BCUT2D eigenvalue weighted by Crippen LogP contribution is -2.57. The van der Waals surface area contributed by atoms with Gasteiger partial charge in [0.2, 0.25) is 5.91 Å². The van der Waals surface area contributed by atoms with Gasteiger partial charge in [-0.2, -0.15) is 0 Å². The molecule has 3 N–H and O–H groups in total. The van der Waals surface area contributed by atoms with Crippen molar-refractivity contribution < 1.29 is 19.0 Å². The molecule has 0 bridgehead atoms. The molecule has 1 aliphatic rings. The first-order valence-electron chi connectivity index (χ1n) is 6.80. The Bertz CT molecular complexity index is 271. The van der Waals surface area contributed by atoms with Gasteiger partial charge in [0.25, 0.3) is 0 Å². The highest BCUT2D eigenvalue weighted by molar-refractivity contribution is 5.84. The summed E-state index contributed by atoms with van der Waals surface area (Å²) in [7, 11) is 1.67. The number of methoxy groups -OCH3 is 1. The predicted molar refractivity (Wildman–Crippen MR) is 71.9 cm³/mol. The van der Waals surface area contributed by atoms with Gasteiger partial charge < -0.3 is 19.9 Å². The number of hydrogen-bond donors (Lipinski definition) is 2. The maximum Gasteiger partial charge on any atom is 0.239 e. The van der Waals surface area contributed by atoms with Crippen molar-refractivity contribution in [2.75, 3.05) is 40.1 Å². The van der Waals surface area contributed by atoms with Crippen molar-refractivity contribution in [3.8, 4) is 0 Å². The fourth-order valence-corrected chi connectivity index (χ4v) is 1.66. The molecular weight excluding hydrogens is 248 g/mol. The summed E-state index contributed by atoms with van der Waals surface area (Å²) < 4.78 is 15.8. The normalized spacial score (nSPS) is 18.2. The summed E-state index contributed by atoms with van der Waals surface area (Å²) >= 11 is 0. The first-order chi connectivity index (χ1) is 9.08. The molecule has 0 saturated heterocycles. The molecule has 1 saturated carbocycles. The van der Waals surface area contributed by atoms with E-state index in [4.69, 9.17) is 19.9 Å². The molecule has 6 heteroatoms. The number of hydrogen-bond acceptors (Lipinski definition) is 5. The van der Waals surface area contributed by atoms with Crippen LogP contribution in [0.3, 0.4) is 0 Å². The standard InChI is InChI=1S/C13H26N2O4/c1-13(12(14)16,15-11-4-5-11)10-19-9-8-18-7-3-6-17-2/h11,15H,3-10H2,1-2H3,(H2,14,16). The Labute approximate surface area is 115 Å². The molecule has 1 amide bonds. The molecule has 1 rings (SSSR count). The van der Waals surface area contributed by atoms with Crippen LogP contribution in [0.25, 0.3) is 0 Å². The minimum absolute atomic E-state index is 0.278. The van der Waals surface area contributed by atoms with Crippen LogP contribution in [0.5, 0.6) is 0 Å². The molecule has 1 atom stereocenters. The molecule has 112 valence electrons. The van der Waals surface area contributed by atoms with Crippen LogP contribution in [-0.4, -0.2) is 57.6 Å². The van der Waals surface area contributed by atoms with Crippen LogP contribution in [0.4, 0.5) is 0 Å². The number of carbonyl (C=O) groups is 1. The van der Waals surface area contributed by atoms with Crippen LogP contribution in [-0.2, 0) is 19.0 Å². The van der Waals surface area contributed by atoms with Crippen molar-refractivity contribution in [1.82, 2.24) is 5.32 Å². The number of ether oxygens (including phenoxy) is 3. The minimum Gasteiger partial charge on any atom is -0.385 e. The molecule has 1 unspecified atom stereocenters. The van der Waals surface area contributed by atoms with Gasteiger partial charge in [-0.05, 0) is 26.2 Å². The van der Waals surface area contributed by atoms with Gasteiger partial charge in [-0.25, -0.2) is 0 Å². The van der Waals surface area contributed by atoms with Crippen molar-refractivity contribution in [1.29, 1.82) is 0 Å². The minimum atomic E-state index is -0.781. The molecule has 0 spiro atoms. The molecule has 1 fully saturated rings. The highest BCUT2D eigenvalue weighted by Crippen LogP contribution is 2.22. The molecular formula is C13H26N2O4. The Balaban J connectivity index is 2.06. The van der Waals surface area contributed by atoms with Crippen molar-refractivity contribution in [2.24, 2.45) is 5.73 Å². The van der Waals surface area contributed by atoms with E-state index in [1.165, 1.54) is 0 Å². The molecule has 0 heterocycles. The van der Waals surface area contributed by atoms with E-state index in [2.05, 4.69) is 5.32 Å². The van der Waals surface area contributed by atoms with Crippen molar-refractivity contribution in [3.63, 3.8) is 0 Å². The summed E-state index contributed by atoms with van der Waals surface area (Å²) in [6, 6.07) is 0.409. The topological polar surface area (TPSA) is 82.8 Å². The Morgan fingerprint density at radius 3 is 2.53 bits per heavy atom. The Morgan fingerprint density at radius 2 is 1.95 bits per heavy atom. The monoisotopic (exact) mass is 274 g/mol. The predicted octanol–water partition coefficient (Wildman–Crippen LogP) is 0.0521. The number of nitrogens with two attached hydrogens (primary N) is 1. The molecule has 0 aromatic heterocycles. The Kier molecular flexibility index (Phi) is 7.30. The first-order valence-corrected chi connectivity index (χ1v) is 6.80. The van der Waals surface area contributed by atoms with E-state index >= 15 is 0 Å². The average molecular weight is 274 g/mol. The van der Waals surface area contributed by atoms with E-state index < -0.39 is 5.54 Å². The third-order valence-electron chi connectivity index (χ3n) is 3.04. The molecule has 19 heavy (non-hydrogen) atoms. The molecule has 0 aliphatic heterocycles. The molecule has 0 aromatic carbocycles. The highest BCUT2D eigenvalue weighted by atomic mass is 16.5. The summed E-state index contributed by atoms with van der Waals surface area (Å²) in [5, 5.41) is 3.23. The number of rotatable bonds is 12. The third-order valence-corrected chi connectivity index (χ3v) is 3.04. The largest absolute Gasteiger partial charge is 0.385 e. The third kappa shape index (κ3) is 6.87. The van der Waals surface area contributed by atoms with Crippen LogP contribution in [0, 0.1) is 0 Å². The van der Waals surface area contributed by atoms with Crippen LogP contribution >= 0.6 is 0 Å². The highest BCUT2D eigenvalue weighted by Gasteiger charge is 2.37. The van der Waals surface area contributed by atoms with Crippen molar-refractivity contribution >= 4 is 5.91 Å². The number of carbonyl (C=O) groups excluding carboxylic acids is 1. The van der Waals surface area contributed by atoms with Crippen LogP contribution < -0.4 is 11.1 Å². The van der Waals surface area contributed by atoms with Gasteiger partial charge in [-0.15, -0.1) is 0 Å². The van der Waals surface area contributed by atoms with E-state index in [0.29, 0.717) is 32.5 Å². The fourth-order valence-electron chi connectivity index (χ4n) is 1.66. The SMILES string of the molecule is COCCCOCCOCC(C)(NC1CC1)C(N)=O. The lowest BCUT2D eigenvalue weighted by atomic mass is 10.0. The quantitative estimate of drug-likeness (QED) is 0.491. The fraction of sp³-hybridized carbons (Fsp3) is 0.923. The second kappa shape index (κ2) is 8.47. The van der Waals surface area contributed by atoms with Gasteiger partial charge in [0.1, 0.15) is 5.54 Å². The molecule has 0 radical (unpaired) electrons. The number of primary amides is 1. The van der Waals surface area contributed by atoms with Gasteiger partial charge in [0, 0.05) is 26.4 Å². The van der Waals surface area contributed by atoms with Crippen LogP contribution in [0.15, 0.2) is 0 Å². The number of amides is 1. The zero-order valence-electron chi connectivity index (χ0n) is 11.9. The lowest BCUT2D eigenvalue weighted by Gasteiger charge is -2.27. The average Bonchev–Trinajstić information content (AvgIpc) is 3.16. The van der Waals surface area contributed by atoms with Gasteiger partial charge in [0.15, 0.2) is 0 Å². The summed E-state index contributed by atoms with van der Waals surface area (Å²) in [4.78, 5) is 11.5. The molecule has 0 aromatic rings. The summed E-state index contributed by atoms with van der Waals surface area (Å²) in [5.41, 5.74) is 4.64. The Hall–Kier alpha value is -0.690. The maximum absolute atomic E-state index is 11.5. The van der Waals surface area contributed by atoms with Crippen molar-refractivity contribution in [3.05, 3.63) is 0 Å². The van der Waals surface area contributed by atoms with Crippen LogP contribution in [0.2, 0.25) is 0 Å². The van der Waals surface area contributed by atoms with E-state index in [0.717, 1.165) is 19.3 Å². The van der Waals surface area contributed by atoms with E-state index in [1.54, 1.807) is 14.0 Å². The zero-order chi connectivity index (χ0) is 14.1. The second-order valence-electron chi connectivity index (χ2n) is 5.13. The zero-order valence-corrected chi connectivity index (χ0v) is 11.9. The van der Waals surface area contributed by atoms with Gasteiger partial charge in [-0.3, -0.25) is 10.1 Å². The second-order valence-corrected chi connectivity index (χ2v) is 5.13. The number of nitrogens with one attached hydrogen (secondary N) is 1. The summed E-state index contributed by atoms with van der Waals surface area (Å²) in [5.74, 6) is -0.375. The van der Waals surface area contributed by atoms with E-state index in [1.807, 2.05) is 0 Å².